The highest BCUT2D eigenvalue weighted by Crippen LogP contribution is 2.21. The maximum atomic E-state index is 13.9. The Kier molecular flexibility index (Phi) is 7.48. The zero-order valence-electron chi connectivity index (χ0n) is 15.1. The standard InChI is InChI=1S/C18H29FN2O3/c1-6-7-13(11-20-17(23)24-18(3,4)5)21-12(2)15-9-8-14(22)10-16(15)19/h8-10,12-13,21-22H,6-7,11H2,1-5H3,(H,20,23). The van der Waals surface area contributed by atoms with E-state index in [0.717, 1.165) is 18.9 Å². The molecule has 136 valence electrons. The molecule has 0 aliphatic carbocycles. The molecule has 1 amide bonds. The van der Waals surface area contributed by atoms with Crippen molar-refractivity contribution < 1.29 is 19.0 Å². The van der Waals surface area contributed by atoms with Gasteiger partial charge in [-0.05, 0) is 40.2 Å². The van der Waals surface area contributed by atoms with Gasteiger partial charge in [-0.25, -0.2) is 9.18 Å². The Morgan fingerprint density at radius 2 is 2.04 bits per heavy atom. The third kappa shape index (κ3) is 7.17. The molecule has 1 aromatic rings. The number of carbonyl (C=O) groups excluding carboxylic acids is 1. The number of hydrogen-bond donors (Lipinski definition) is 3. The van der Waals surface area contributed by atoms with Crippen molar-refractivity contribution in [2.75, 3.05) is 6.54 Å². The Labute approximate surface area is 143 Å². The van der Waals surface area contributed by atoms with Gasteiger partial charge in [-0.15, -0.1) is 0 Å². The number of hydrogen-bond acceptors (Lipinski definition) is 4. The molecular formula is C18H29FN2O3. The predicted octanol–water partition coefficient (Wildman–Crippen LogP) is 3.88. The minimum atomic E-state index is -0.541. The molecule has 6 heteroatoms. The molecule has 1 rings (SSSR count). The Morgan fingerprint density at radius 3 is 2.58 bits per heavy atom. The van der Waals surface area contributed by atoms with Gasteiger partial charge < -0.3 is 20.5 Å². The zero-order chi connectivity index (χ0) is 18.3. The zero-order valence-corrected chi connectivity index (χ0v) is 15.1. The highest BCUT2D eigenvalue weighted by atomic mass is 19.1. The van der Waals surface area contributed by atoms with Crippen LogP contribution in [-0.2, 0) is 4.74 Å². The van der Waals surface area contributed by atoms with E-state index in [1.54, 1.807) is 6.07 Å². The molecule has 1 aromatic carbocycles. The lowest BCUT2D eigenvalue weighted by Gasteiger charge is -2.25. The van der Waals surface area contributed by atoms with Gasteiger partial charge in [0.05, 0.1) is 0 Å². The van der Waals surface area contributed by atoms with E-state index in [0.29, 0.717) is 12.1 Å². The Bertz CT molecular complexity index is 544. The summed E-state index contributed by atoms with van der Waals surface area (Å²) in [6, 6.07) is 3.87. The van der Waals surface area contributed by atoms with Gasteiger partial charge in [0.2, 0.25) is 0 Å². The molecule has 0 radical (unpaired) electrons. The molecule has 0 aliphatic heterocycles. The summed E-state index contributed by atoms with van der Waals surface area (Å²) >= 11 is 0. The quantitative estimate of drug-likeness (QED) is 0.704. The summed E-state index contributed by atoms with van der Waals surface area (Å²) in [4.78, 5) is 11.8. The van der Waals surface area contributed by atoms with Crippen molar-refractivity contribution in [1.29, 1.82) is 0 Å². The van der Waals surface area contributed by atoms with Crippen LogP contribution < -0.4 is 10.6 Å². The highest BCUT2D eigenvalue weighted by Gasteiger charge is 2.19. The number of ether oxygens (including phenoxy) is 1. The smallest absolute Gasteiger partial charge is 0.407 e. The van der Waals surface area contributed by atoms with Crippen LogP contribution in [0.15, 0.2) is 18.2 Å². The number of aromatic hydroxyl groups is 1. The number of halogens is 1. The highest BCUT2D eigenvalue weighted by molar-refractivity contribution is 5.67. The lowest BCUT2D eigenvalue weighted by atomic mass is 10.0. The predicted molar refractivity (Wildman–Crippen MR) is 92.5 cm³/mol. The summed E-state index contributed by atoms with van der Waals surface area (Å²) in [6.07, 6.45) is 1.30. The van der Waals surface area contributed by atoms with Gasteiger partial charge >= 0.3 is 6.09 Å². The fourth-order valence-electron chi connectivity index (χ4n) is 2.42. The van der Waals surface area contributed by atoms with Crippen LogP contribution in [0.2, 0.25) is 0 Å². The van der Waals surface area contributed by atoms with Crippen molar-refractivity contribution in [1.82, 2.24) is 10.6 Å². The van der Waals surface area contributed by atoms with Crippen molar-refractivity contribution in [3.8, 4) is 5.75 Å². The Balaban J connectivity index is 2.63. The second kappa shape index (κ2) is 8.87. The van der Waals surface area contributed by atoms with Crippen LogP contribution in [0.3, 0.4) is 0 Å². The molecule has 0 saturated heterocycles. The number of phenolic OH excluding ortho intramolecular Hbond substituents is 1. The molecule has 2 atom stereocenters. The minimum absolute atomic E-state index is 0.00859. The summed E-state index contributed by atoms with van der Waals surface area (Å²) < 4.78 is 19.2. The van der Waals surface area contributed by atoms with Crippen molar-refractivity contribution in [3.63, 3.8) is 0 Å². The van der Waals surface area contributed by atoms with Crippen molar-refractivity contribution >= 4 is 6.09 Å². The van der Waals surface area contributed by atoms with E-state index in [1.807, 2.05) is 34.6 Å². The topological polar surface area (TPSA) is 70.6 Å². The second-order valence-corrected chi connectivity index (χ2v) is 6.96. The van der Waals surface area contributed by atoms with Crippen LogP contribution in [0.5, 0.6) is 5.75 Å². The third-order valence-electron chi connectivity index (χ3n) is 3.47. The second-order valence-electron chi connectivity index (χ2n) is 6.96. The minimum Gasteiger partial charge on any atom is -0.508 e. The molecule has 24 heavy (non-hydrogen) atoms. The molecule has 0 fully saturated rings. The van der Waals surface area contributed by atoms with Gasteiger partial charge in [0.15, 0.2) is 0 Å². The first-order valence-corrected chi connectivity index (χ1v) is 8.33. The van der Waals surface area contributed by atoms with E-state index in [2.05, 4.69) is 10.6 Å². The van der Waals surface area contributed by atoms with Crippen LogP contribution in [0.4, 0.5) is 9.18 Å². The van der Waals surface area contributed by atoms with Gasteiger partial charge in [0.25, 0.3) is 0 Å². The average Bonchev–Trinajstić information content (AvgIpc) is 2.43. The third-order valence-corrected chi connectivity index (χ3v) is 3.47. The molecule has 3 N–H and O–H groups in total. The van der Waals surface area contributed by atoms with Crippen molar-refractivity contribution in [2.45, 2.75) is 65.1 Å². The summed E-state index contributed by atoms with van der Waals surface area (Å²) in [6.45, 7) is 9.73. The van der Waals surface area contributed by atoms with Crippen molar-refractivity contribution in [3.05, 3.63) is 29.6 Å². The van der Waals surface area contributed by atoms with Crippen LogP contribution in [0.25, 0.3) is 0 Å². The normalized spacial score (nSPS) is 14.1. The van der Waals surface area contributed by atoms with Crippen LogP contribution in [0, 0.1) is 5.82 Å². The fourth-order valence-corrected chi connectivity index (χ4v) is 2.42. The number of benzene rings is 1. The molecule has 0 heterocycles. The Morgan fingerprint density at radius 1 is 1.38 bits per heavy atom. The van der Waals surface area contributed by atoms with Crippen molar-refractivity contribution in [2.24, 2.45) is 0 Å². The number of nitrogens with one attached hydrogen (secondary N) is 2. The van der Waals surface area contributed by atoms with E-state index < -0.39 is 17.5 Å². The average molecular weight is 340 g/mol. The van der Waals surface area contributed by atoms with Crippen LogP contribution >= 0.6 is 0 Å². The molecule has 2 unspecified atom stereocenters. The monoisotopic (exact) mass is 340 g/mol. The number of rotatable bonds is 7. The number of phenols is 1. The Hall–Kier alpha value is -1.82. The molecule has 0 spiro atoms. The lowest BCUT2D eigenvalue weighted by molar-refractivity contribution is 0.0521. The number of alkyl carbamates (subject to hydrolysis) is 1. The summed E-state index contributed by atoms with van der Waals surface area (Å²) in [5, 5.41) is 15.4. The first-order chi connectivity index (χ1) is 11.1. The first kappa shape index (κ1) is 20.2. The van der Waals surface area contributed by atoms with Crippen LogP contribution in [0.1, 0.15) is 59.1 Å². The van der Waals surface area contributed by atoms with Crippen LogP contribution in [-0.4, -0.2) is 29.4 Å². The van der Waals surface area contributed by atoms with E-state index in [9.17, 15) is 14.3 Å². The first-order valence-electron chi connectivity index (χ1n) is 8.33. The van der Waals surface area contributed by atoms with E-state index >= 15 is 0 Å². The van der Waals surface area contributed by atoms with Gasteiger partial charge in [0, 0.05) is 30.3 Å². The van der Waals surface area contributed by atoms with Gasteiger partial charge in [-0.1, -0.05) is 19.4 Å². The summed E-state index contributed by atoms with van der Waals surface area (Å²) in [7, 11) is 0. The van der Waals surface area contributed by atoms with Gasteiger partial charge in [-0.2, -0.15) is 0 Å². The molecular weight excluding hydrogens is 311 g/mol. The summed E-state index contributed by atoms with van der Waals surface area (Å²) in [5.74, 6) is -0.550. The summed E-state index contributed by atoms with van der Waals surface area (Å²) in [5.41, 5.74) is -0.0635. The molecule has 0 aromatic heterocycles. The van der Waals surface area contributed by atoms with E-state index in [1.165, 1.54) is 6.07 Å². The van der Waals surface area contributed by atoms with E-state index in [-0.39, 0.29) is 17.8 Å². The molecule has 0 bridgehead atoms. The largest absolute Gasteiger partial charge is 0.508 e. The van der Waals surface area contributed by atoms with Gasteiger partial charge in [0.1, 0.15) is 17.2 Å². The fraction of sp³-hybridized carbons (Fsp3) is 0.611. The molecule has 0 saturated carbocycles. The molecule has 0 aliphatic rings. The van der Waals surface area contributed by atoms with E-state index in [4.69, 9.17) is 4.74 Å². The number of carbonyl (C=O) groups is 1. The molecule has 5 nitrogen and oxygen atoms in total. The lowest BCUT2D eigenvalue weighted by Crippen LogP contribution is -2.43. The maximum Gasteiger partial charge on any atom is 0.407 e. The van der Waals surface area contributed by atoms with Gasteiger partial charge in [-0.3, -0.25) is 0 Å². The number of amides is 1. The SMILES string of the molecule is CCCC(CNC(=O)OC(C)(C)C)NC(C)c1ccc(O)cc1F. The maximum absolute atomic E-state index is 13.9.